The van der Waals surface area contributed by atoms with Crippen LogP contribution in [-0.4, -0.2) is 12.7 Å². The number of carbonyl (C=O) groups is 1. The zero-order chi connectivity index (χ0) is 19.3. The van der Waals surface area contributed by atoms with Crippen LogP contribution in [0, 0.1) is 0 Å². The molecule has 0 unspecified atom stereocenters. The fourth-order valence-corrected chi connectivity index (χ4v) is 3.20. The molecule has 2 N–H and O–H groups in total. The molecule has 3 aromatic carbocycles. The molecule has 0 saturated carbocycles. The van der Waals surface area contributed by atoms with Gasteiger partial charge in [0.25, 0.3) is 5.91 Å². The molecule has 1 amide bonds. The molecule has 0 bridgehead atoms. The van der Waals surface area contributed by atoms with Crippen molar-refractivity contribution in [2.75, 3.05) is 17.4 Å². The maximum Gasteiger partial charge on any atom is 0.255 e. The third-order valence-corrected chi connectivity index (χ3v) is 4.70. The molecular weight excluding hydrogens is 352 g/mol. The molecule has 1 heterocycles. The minimum absolute atomic E-state index is 0.158. The standard InChI is InChI=1S/C23H22N2O3/c1-2-17-7-3-4-9-20(17)24-14-16-6-5-8-18(12-16)23(26)25-19-10-11-21-22(13-19)28-15-27-21/h3-13,24H,2,14-15H2,1H3,(H,25,26). The molecule has 1 aliphatic rings. The van der Waals surface area contributed by atoms with E-state index in [2.05, 4.69) is 29.7 Å². The number of carbonyl (C=O) groups excluding carboxylic acids is 1. The normalized spacial score (nSPS) is 11.9. The van der Waals surface area contributed by atoms with E-state index in [0.29, 0.717) is 29.3 Å². The van der Waals surface area contributed by atoms with Crippen molar-refractivity contribution < 1.29 is 14.3 Å². The number of ether oxygens (including phenoxy) is 2. The van der Waals surface area contributed by atoms with Crippen molar-refractivity contribution in [1.29, 1.82) is 0 Å². The van der Waals surface area contributed by atoms with Crippen molar-refractivity contribution in [3.05, 3.63) is 83.4 Å². The molecule has 0 aliphatic carbocycles. The lowest BCUT2D eigenvalue weighted by atomic mass is 10.1. The minimum atomic E-state index is -0.158. The smallest absolute Gasteiger partial charge is 0.255 e. The summed E-state index contributed by atoms with van der Waals surface area (Å²) < 4.78 is 10.7. The molecule has 0 fully saturated rings. The second kappa shape index (κ2) is 8.05. The first-order chi connectivity index (χ1) is 13.7. The van der Waals surface area contributed by atoms with E-state index in [-0.39, 0.29) is 12.7 Å². The number of nitrogens with one attached hydrogen (secondary N) is 2. The van der Waals surface area contributed by atoms with Gasteiger partial charge in [-0.05, 0) is 47.9 Å². The van der Waals surface area contributed by atoms with Crippen LogP contribution in [0.1, 0.15) is 28.4 Å². The van der Waals surface area contributed by atoms with Crippen LogP contribution in [0.4, 0.5) is 11.4 Å². The quantitative estimate of drug-likeness (QED) is 0.648. The summed E-state index contributed by atoms with van der Waals surface area (Å²) in [6.45, 7) is 3.01. The Bertz CT molecular complexity index is 1000. The Morgan fingerprint density at radius 1 is 0.964 bits per heavy atom. The molecule has 0 radical (unpaired) electrons. The van der Waals surface area contributed by atoms with E-state index in [1.165, 1.54) is 5.56 Å². The second-order valence-electron chi connectivity index (χ2n) is 6.59. The summed E-state index contributed by atoms with van der Waals surface area (Å²) in [6.07, 6.45) is 0.973. The molecule has 4 rings (SSSR count). The van der Waals surface area contributed by atoms with Gasteiger partial charge < -0.3 is 20.1 Å². The molecule has 5 heteroatoms. The Labute approximate surface area is 164 Å². The summed E-state index contributed by atoms with van der Waals surface area (Å²) in [5.41, 5.74) is 4.74. The number of fused-ring (bicyclic) bond motifs is 1. The summed E-state index contributed by atoms with van der Waals surface area (Å²) in [6, 6.07) is 21.3. The summed E-state index contributed by atoms with van der Waals surface area (Å²) in [5.74, 6) is 1.18. The Kier molecular flexibility index (Phi) is 5.15. The predicted octanol–water partition coefficient (Wildman–Crippen LogP) is 4.84. The van der Waals surface area contributed by atoms with Gasteiger partial charge in [0, 0.05) is 29.5 Å². The molecule has 1 aliphatic heterocycles. The van der Waals surface area contributed by atoms with Gasteiger partial charge in [-0.2, -0.15) is 0 Å². The van der Waals surface area contributed by atoms with Gasteiger partial charge in [0.05, 0.1) is 0 Å². The number of hydrogen-bond acceptors (Lipinski definition) is 4. The monoisotopic (exact) mass is 374 g/mol. The van der Waals surface area contributed by atoms with Crippen molar-refractivity contribution in [3.63, 3.8) is 0 Å². The van der Waals surface area contributed by atoms with Gasteiger partial charge in [0.2, 0.25) is 6.79 Å². The molecule has 0 saturated heterocycles. The number of benzene rings is 3. The molecule has 0 atom stereocenters. The van der Waals surface area contributed by atoms with Crippen LogP contribution in [0.2, 0.25) is 0 Å². The zero-order valence-electron chi connectivity index (χ0n) is 15.7. The van der Waals surface area contributed by atoms with Crippen molar-refractivity contribution in [3.8, 4) is 11.5 Å². The largest absolute Gasteiger partial charge is 0.454 e. The van der Waals surface area contributed by atoms with Crippen LogP contribution in [0.5, 0.6) is 11.5 Å². The highest BCUT2D eigenvalue weighted by Gasteiger charge is 2.14. The van der Waals surface area contributed by atoms with E-state index < -0.39 is 0 Å². The van der Waals surface area contributed by atoms with Gasteiger partial charge in [-0.3, -0.25) is 4.79 Å². The van der Waals surface area contributed by atoms with Crippen LogP contribution >= 0.6 is 0 Å². The van der Waals surface area contributed by atoms with Crippen molar-refractivity contribution >= 4 is 17.3 Å². The second-order valence-corrected chi connectivity index (χ2v) is 6.59. The molecule has 3 aromatic rings. The van der Waals surface area contributed by atoms with Crippen LogP contribution in [0.3, 0.4) is 0 Å². The van der Waals surface area contributed by atoms with E-state index in [1.54, 1.807) is 18.2 Å². The Morgan fingerprint density at radius 3 is 2.71 bits per heavy atom. The van der Waals surface area contributed by atoms with Crippen LogP contribution < -0.4 is 20.1 Å². The number of rotatable bonds is 6. The van der Waals surface area contributed by atoms with Crippen molar-refractivity contribution in [1.82, 2.24) is 0 Å². The topological polar surface area (TPSA) is 59.6 Å². The lowest BCUT2D eigenvalue weighted by Gasteiger charge is -2.12. The fourth-order valence-electron chi connectivity index (χ4n) is 3.20. The molecule has 0 aromatic heterocycles. The molecule has 28 heavy (non-hydrogen) atoms. The highest BCUT2D eigenvalue weighted by Crippen LogP contribution is 2.34. The average Bonchev–Trinajstić information content (AvgIpc) is 3.20. The summed E-state index contributed by atoms with van der Waals surface area (Å²) >= 11 is 0. The maximum atomic E-state index is 12.6. The first kappa shape index (κ1) is 17.9. The molecule has 0 spiro atoms. The molecule has 142 valence electrons. The summed E-state index contributed by atoms with van der Waals surface area (Å²) in [4.78, 5) is 12.6. The summed E-state index contributed by atoms with van der Waals surface area (Å²) in [5, 5.41) is 6.37. The minimum Gasteiger partial charge on any atom is -0.454 e. The van der Waals surface area contributed by atoms with Gasteiger partial charge in [0.15, 0.2) is 11.5 Å². The Morgan fingerprint density at radius 2 is 1.82 bits per heavy atom. The molecular formula is C23H22N2O3. The highest BCUT2D eigenvalue weighted by molar-refractivity contribution is 6.04. The van der Waals surface area contributed by atoms with Crippen LogP contribution in [0.25, 0.3) is 0 Å². The maximum absolute atomic E-state index is 12.6. The van der Waals surface area contributed by atoms with E-state index >= 15 is 0 Å². The Hall–Kier alpha value is -3.47. The lowest BCUT2D eigenvalue weighted by Crippen LogP contribution is -2.12. The fraction of sp³-hybridized carbons (Fsp3) is 0.174. The van der Waals surface area contributed by atoms with Gasteiger partial charge in [0.1, 0.15) is 0 Å². The lowest BCUT2D eigenvalue weighted by molar-refractivity contribution is 0.102. The van der Waals surface area contributed by atoms with Gasteiger partial charge in [-0.15, -0.1) is 0 Å². The third-order valence-electron chi connectivity index (χ3n) is 4.70. The first-order valence-corrected chi connectivity index (χ1v) is 9.34. The third kappa shape index (κ3) is 3.93. The number of aryl methyl sites for hydroxylation is 1. The van der Waals surface area contributed by atoms with Gasteiger partial charge >= 0.3 is 0 Å². The predicted molar refractivity (Wildman–Crippen MR) is 110 cm³/mol. The van der Waals surface area contributed by atoms with E-state index in [0.717, 1.165) is 17.7 Å². The SMILES string of the molecule is CCc1ccccc1NCc1cccc(C(=O)Nc2ccc3c(c2)OCO3)c1. The Balaban J connectivity index is 1.43. The average molecular weight is 374 g/mol. The highest BCUT2D eigenvalue weighted by atomic mass is 16.7. The van der Waals surface area contributed by atoms with E-state index in [9.17, 15) is 4.79 Å². The summed E-state index contributed by atoms with van der Waals surface area (Å²) in [7, 11) is 0. The zero-order valence-corrected chi connectivity index (χ0v) is 15.7. The number of hydrogen-bond donors (Lipinski definition) is 2. The van der Waals surface area contributed by atoms with Crippen molar-refractivity contribution in [2.45, 2.75) is 19.9 Å². The van der Waals surface area contributed by atoms with Gasteiger partial charge in [-0.1, -0.05) is 37.3 Å². The number of para-hydroxylation sites is 1. The first-order valence-electron chi connectivity index (χ1n) is 9.34. The van der Waals surface area contributed by atoms with Crippen molar-refractivity contribution in [2.24, 2.45) is 0 Å². The molecule has 5 nitrogen and oxygen atoms in total. The van der Waals surface area contributed by atoms with E-state index in [1.807, 2.05) is 36.4 Å². The number of anilines is 2. The van der Waals surface area contributed by atoms with Crippen LogP contribution in [-0.2, 0) is 13.0 Å². The van der Waals surface area contributed by atoms with Crippen LogP contribution in [0.15, 0.2) is 66.7 Å². The van der Waals surface area contributed by atoms with Gasteiger partial charge in [-0.25, -0.2) is 0 Å². The van der Waals surface area contributed by atoms with E-state index in [4.69, 9.17) is 9.47 Å². The number of amides is 1.